The maximum atomic E-state index is 11.5. The molecule has 1 heterocycles. The molecular weight excluding hydrogens is 222 g/mol. The quantitative estimate of drug-likeness (QED) is 0.705. The third-order valence-electron chi connectivity index (χ3n) is 2.65. The molecule has 0 aromatic rings. The molecule has 3 nitrogen and oxygen atoms in total. The van der Waals surface area contributed by atoms with Crippen molar-refractivity contribution in [3.63, 3.8) is 0 Å². The lowest BCUT2D eigenvalue weighted by Crippen LogP contribution is -2.45. The second-order valence-corrected chi connectivity index (χ2v) is 6.49. The van der Waals surface area contributed by atoms with Crippen molar-refractivity contribution in [1.29, 1.82) is 0 Å². The van der Waals surface area contributed by atoms with E-state index in [1.54, 1.807) is 4.31 Å². The van der Waals surface area contributed by atoms with E-state index in [2.05, 4.69) is 6.92 Å². The lowest BCUT2D eigenvalue weighted by Gasteiger charge is -2.35. The SMILES string of the molecule is CCC[C@H]1C[C@H](Cl)CCN1S(C)(=O)=O. The van der Waals surface area contributed by atoms with Crippen molar-refractivity contribution < 1.29 is 8.42 Å². The summed E-state index contributed by atoms with van der Waals surface area (Å²) in [6, 6.07) is 0.117. The zero-order valence-electron chi connectivity index (χ0n) is 8.74. The van der Waals surface area contributed by atoms with E-state index in [0.717, 1.165) is 25.7 Å². The number of piperidine rings is 1. The van der Waals surface area contributed by atoms with E-state index in [1.807, 2.05) is 0 Å². The average molecular weight is 240 g/mol. The number of alkyl halides is 1. The molecule has 0 aromatic carbocycles. The summed E-state index contributed by atoms with van der Waals surface area (Å²) in [5.41, 5.74) is 0. The molecule has 0 spiro atoms. The number of sulfonamides is 1. The van der Waals surface area contributed by atoms with Crippen LogP contribution >= 0.6 is 11.6 Å². The number of hydrogen-bond acceptors (Lipinski definition) is 2. The molecule has 0 amide bonds. The molecule has 14 heavy (non-hydrogen) atoms. The first-order chi connectivity index (χ1) is 6.45. The minimum absolute atomic E-state index is 0.117. The molecule has 1 aliphatic rings. The third kappa shape index (κ3) is 3.11. The van der Waals surface area contributed by atoms with Gasteiger partial charge in [-0.05, 0) is 19.3 Å². The number of hydrogen-bond donors (Lipinski definition) is 0. The molecule has 1 rings (SSSR count). The second-order valence-electron chi connectivity index (χ2n) is 3.94. The van der Waals surface area contributed by atoms with Gasteiger partial charge in [-0.3, -0.25) is 0 Å². The Morgan fingerprint density at radius 1 is 1.50 bits per heavy atom. The summed E-state index contributed by atoms with van der Waals surface area (Å²) in [4.78, 5) is 0. The molecule has 5 heteroatoms. The van der Waals surface area contributed by atoms with E-state index in [1.165, 1.54) is 6.26 Å². The molecule has 1 fully saturated rings. The van der Waals surface area contributed by atoms with E-state index in [-0.39, 0.29) is 11.4 Å². The summed E-state index contributed by atoms with van der Waals surface area (Å²) in [6.45, 7) is 2.65. The van der Waals surface area contributed by atoms with Crippen LogP contribution in [-0.4, -0.2) is 36.9 Å². The number of nitrogens with zero attached hydrogens (tertiary/aromatic N) is 1. The minimum Gasteiger partial charge on any atom is -0.212 e. The first-order valence-corrected chi connectivity index (χ1v) is 7.34. The highest BCUT2D eigenvalue weighted by molar-refractivity contribution is 7.88. The van der Waals surface area contributed by atoms with Crippen LogP contribution in [0.15, 0.2) is 0 Å². The molecule has 2 atom stereocenters. The Balaban J connectivity index is 2.72. The fourth-order valence-corrected chi connectivity index (χ4v) is 3.49. The summed E-state index contributed by atoms with van der Waals surface area (Å²) in [7, 11) is -3.05. The first-order valence-electron chi connectivity index (χ1n) is 5.06. The lowest BCUT2D eigenvalue weighted by atomic mass is 10.0. The standard InChI is InChI=1S/C9H18ClNO2S/c1-3-4-9-7-8(10)5-6-11(9)14(2,12)13/h8-9H,3-7H2,1-2H3/t8-,9+/m1/s1. The van der Waals surface area contributed by atoms with Crippen LogP contribution in [0.2, 0.25) is 0 Å². The van der Waals surface area contributed by atoms with Crippen LogP contribution in [0.25, 0.3) is 0 Å². The van der Waals surface area contributed by atoms with Crippen LogP contribution in [0.3, 0.4) is 0 Å². The molecule has 0 unspecified atom stereocenters. The van der Waals surface area contributed by atoms with Gasteiger partial charge in [0.1, 0.15) is 0 Å². The summed E-state index contributed by atoms with van der Waals surface area (Å²) < 4.78 is 24.5. The van der Waals surface area contributed by atoms with Crippen molar-refractivity contribution in [3.8, 4) is 0 Å². The van der Waals surface area contributed by atoms with Crippen LogP contribution in [0.1, 0.15) is 32.6 Å². The minimum atomic E-state index is -3.05. The zero-order chi connectivity index (χ0) is 10.8. The molecule has 0 saturated carbocycles. The lowest BCUT2D eigenvalue weighted by molar-refractivity contribution is 0.244. The summed E-state index contributed by atoms with van der Waals surface area (Å²) in [5, 5.41) is 0.143. The van der Waals surface area contributed by atoms with E-state index >= 15 is 0 Å². The highest BCUT2D eigenvalue weighted by Crippen LogP contribution is 2.26. The van der Waals surface area contributed by atoms with Gasteiger partial charge in [0.15, 0.2) is 0 Å². The molecule has 0 radical (unpaired) electrons. The van der Waals surface area contributed by atoms with Gasteiger partial charge in [-0.15, -0.1) is 11.6 Å². The molecular formula is C9H18ClNO2S. The van der Waals surface area contributed by atoms with Gasteiger partial charge in [-0.2, -0.15) is 4.31 Å². The maximum Gasteiger partial charge on any atom is 0.211 e. The smallest absolute Gasteiger partial charge is 0.211 e. The summed E-state index contributed by atoms with van der Waals surface area (Å²) in [6.07, 6.45) is 4.76. The molecule has 1 aliphatic heterocycles. The van der Waals surface area contributed by atoms with Crippen LogP contribution in [-0.2, 0) is 10.0 Å². The number of halogens is 1. The summed E-state index contributed by atoms with van der Waals surface area (Å²) in [5.74, 6) is 0. The maximum absolute atomic E-state index is 11.5. The van der Waals surface area contributed by atoms with Gasteiger partial charge in [-0.1, -0.05) is 13.3 Å². The monoisotopic (exact) mass is 239 g/mol. The van der Waals surface area contributed by atoms with Crippen molar-refractivity contribution in [1.82, 2.24) is 4.31 Å². The Morgan fingerprint density at radius 2 is 2.14 bits per heavy atom. The third-order valence-corrected chi connectivity index (χ3v) is 4.37. The van der Waals surface area contributed by atoms with Gasteiger partial charge < -0.3 is 0 Å². The van der Waals surface area contributed by atoms with Crippen LogP contribution in [0, 0.1) is 0 Å². The topological polar surface area (TPSA) is 37.4 Å². The van der Waals surface area contributed by atoms with Gasteiger partial charge in [0.2, 0.25) is 10.0 Å². The van der Waals surface area contributed by atoms with Gasteiger partial charge in [-0.25, -0.2) is 8.42 Å². The largest absolute Gasteiger partial charge is 0.212 e. The van der Waals surface area contributed by atoms with Gasteiger partial charge in [0, 0.05) is 18.0 Å². The predicted octanol–water partition coefficient (Wildman–Crippen LogP) is 1.82. The Hall–Kier alpha value is 0.200. The Morgan fingerprint density at radius 3 is 2.64 bits per heavy atom. The molecule has 84 valence electrons. The first kappa shape index (κ1) is 12.3. The molecule has 0 bridgehead atoms. The zero-order valence-corrected chi connectivity index (χ0v) is 10.3. The van der Waals surface area contributed by atoms with Crippen molar-refractivity contribution in [3.05, 3.63) is 0 Å². The van der Waals surface area contributed by atoms with E-state index < -0.39 is 10.0 Å². The van der Waals surface area contributed by atoms with Gasteiger partial charge >= 0.3 is 0 Å². The Labute approximate surface area is 91.5 Å². The molecule has 1 saturated heterocycles. The molecule has 0 N–H and O–H groups in total. The van der Waals surface area contributed by atoms with Crippen molar-refractivity contribution in [2.45, 2.75) is 44.0 Å². The summed E-state index contributed by atoms with van der Waals surface area (Å²) >= 11 is 6.04. The Bertz CT molecular complexity index is 279. The van der Waals surface area contributed by atoms with E-state index in [9.17, 15) is 8.42 Å². The van der Waals surface area contributed by atoms with Gasteiger partial charge in [0.25, 0.3) is 0 Å². The fraction of sp³-hybridized carbons (Fsp3) is 1.00. The van der Waals surface area contributed by atoms with E-state index in [0.29, 0.717) is 6.54 Å². The second kappa shape index (κ2) is 4.81. The van der Waals surface area contributed by atoms with E-state index in [4.69, 9.17) is 11.6 Å². The highest BCUT2D eigenvalue weighted by Gasteiger charge is 2.32. The highest BCUT2D eigenvalue weighted by atomic mass is 35.5. The van der Waals surface area contributed by atoms with Crippen LogP contribution < -0.4 is 0 Å². The van der Waals surface area contributed by atoms with Crippen molar-refractivity contribution in [2.75, 3.05) is 12.8 Å². The number of rotatable bonds is 3. The Kier molecular flexibility index (Phi) is 4.22. The van der Waals surface area contributed by atoms with Crippen molar-refractivity contribution >= 4 is 21.6 Å². The van der Waals surface area contributed by atoms with Gasteiger partial charge in [0.05, 0.1) is 6.26 Å². The molecule has 0 aromatic heterocycles. The van der Waals surface area contributed by atoms with Crippen LogP contribution in [0.5, 0.6) is 0 Å². The predicted molar refractivity (Wildman–Crippen MR) is 59.1 cm³/mol. The van der Waals surface area contributed by atoms with Crippen LogP contribution in [0.4, 0.5) is 0 Å². The fourth-order valence-electron chi connectivity index (χ4n) is 2.01. The van der Waals surface area contributed by atoms with Crippen molar-refractivity contribution in [2.24, 2.45) is 0 Å². The normalized spacial score (nSPS) is 30.5. The molecule has 0 aliphatic carbocycles. The average Bonchev–Trinajstić information content (AvgIpc) is 2.02.